The number of ether oxygens (including phenoxy) is 1. The number of hydrogen-bond donors (Lipinski definition) is 1. The minimum absolute atomic E-state index is 0.00433. The molecule has 27 heavy (non-hydrogen) atoms. The smallest absolute Gasteiger partial charge is 0.326 e. The molecule has 1 aromatic rings. The van der Waals surface area contributed by atoms with Crippen LogP contribution in [-0.4, -0.2) is 71.6 Å². The zero-order valence-electron chi connectivity index (χ0n) is 15.5. The van der Waals surface area contributed by atoms with E-state index in [0.29, 0.717) is 38.9 Å². The molecule has 2 fully saturated rings. The predicted octanol–water partition coefficient (Wildman–Crippen LogP) is 1.17. The van der Waals surface area contributed by atoms with Crippen molar-refractivity contribution in [2.45, 2.75) is 37.8 Å². The van der Waals surface area contributed by atoms with Gasteiger partial charge >= 0.3 is 5.97 Å². The number of aliphatic carboxylic acids is 1. The van der Waals surface area contributed by atoms with Gasteiger partial charge in [0.25, 0.3) is 0 Å². The lowest BCUT2D eigenvalue weighted by molar-refractivity contribution is -0.151. The average Bonchev–Trinajstić information content (AvgIpc) is 3.13. The number of carboxylic acid groups (broad SMARTS) is 1. The molecule has 0 radical (unpaired) electrons. The van der Waals surface area contributed by atoms with Gasteiger partial charge in [-0.05, 0) is 18.4 Å². The zero-order chi connectivity index (χ0) is 19.4. The largest absolute Gasteiger partial charge is 0.480 e. The van der Waals surface area contributed by atoms with E-state index in [-0.39, 0.29) is 23.8 Å². The Balaban J connectivity index is 1.64. The van der Waals surface area contributed by atoms with Crippen molar-refractivity contribution in [3.63, 3.8) is 0 Å². The summed E-state index contributed by atoms with van der Waals surface area (Å²) in [5.41, 5.74) is 0.948. The highest BCUT2D eigenvalue weighted by molar-refractivity contribution is 5.87. The Morgan fingerprint density at radius 3 is 2.59 bits per heavy atom. The Hall–Kier alpha value is -2.41. The Morgan fingerprint density at radius 2 is 1.93 bits per heavy atom. The van der Waals surface area contributed by atoms with E-state index in [1.165, 1.54) is 12.0 Å². The van der Waals surface area contributed by atoms with E-state index >= 15 is 0 Å². The van der Waals surface area contributed by atoms with E-state index in [2.05, 4.69) is 0 Å². The molecule has 0 spiro atoms. The highest BCUT2D eigenvalue weighted by Crippen LogP contribution is 2.26. The molecule has 2 aliphatic rings. The van der Waals surface area contributed by atoms with Crippen LogP contribution in [0.15, 0.2) is 30.3 Å². The highest BCUT2D eigenvalue weighted by atomic mass is 16.5. The SMILES string of the molecule is COC1CC(C(=O)O)N(C(=O)C2CCCN(C(=O)Cc3ccccc3)C2)C1. The molecule has 2 saturated heterocycles. The highest BCUT2D eigenvalue weighted by Gasteiger charge is 2.42. The molecule has 3 atom stereocenters. The summed E-state index contributed by atoms with van der Waals surface area (Å²) in [4.78, 5) is 40.3. The van der Waals surface area contributed by atoms with Crippen LogP contribution in [0.25, 0.3) is 0 Å². The molecule has 3 rings (SSSR count). The maximum absolute atomic E-state index is 13.0. The molecule has 7 heteroatoms. The van der Waals surface area contributed by atoms with Crippen molar-refractivity contribution >= 4 is 17.8 Å². The monoisotopic (exact) mass is 374 g/mol. The molecular formula is C20H26N2O5. The minimum atomic E-state index is -1.00. The van der Waals surface area contributed by atoms with Crippen LogP contribution in [0.2, 0.25) is 0 Å². The molecule has 146 valence electrons. The van der Waals surface area contributed by atoms with E-state index < -0.39 is 12.0 Å². The van der Waals surface area contributed by atoms with Crippen LogP contribution in [0.5, 0.6) is 0 Å². The normalized spacial score (nSPS) is 25.4. The van der Waals surface area contributed by atoms with Gasteiger partial charge in [-0.25, -0.2) is 4.79 Å². The summed E-state index contributed by atoms with van der Waals surface area (Å²) in [7, 11) is 1.53. The quantitative estimate of drug-likeness (QED) is 0.836. The van der Waals surface area contributed by atoms with E-state index in [1.54, 1.807) is 4.90 Å². The number of likely N-dealkylation sites (tertiary alicyclic amines) is 2. The lowest BCUT2D eigenvalue weighted by Crippen LogP contribution is -2.49. The second-order valence-electron chi connectivity index (χ2n) is 7.28. The van der Waals surface area contributed by atoms with Gasteiger partial charge in [0.1, 0.15) is 6.04 Å². The van der Waals surface area contributed by atoms with E-state index in [0.717, 1.165) is 12.0 Å². The molecule has 1 N–H and O–H groups in total. The summed E-state index contributed by atoms with van der Waals surface area (Å²) in [6.07, 6.45) is 1.79. The van der Waals surface area contributed by atoms with Gasteiger partial charge in [0.05, 0.1) is 18.4 Å². The van der Waals surface area contributed by atoms with Gasteiger partial charge in [-0.2, -0.15) is 0 Å². The summed E-state index contributed by atoms with van der Waals surface area (Å²) in [6, 6.07) is 8.69. The molecule has 1 aromatic carbocycles. The third-order valence-corrected chi connectivity index (χ3v) is 5.49. The van der Waals surface area contributed by atoms with Crippen LogP contribution in [0.3, 0.4) is 0 Å². The van der Waals surface area contributed by atoms with Crippen molar-refractivity contribution in [2.24, 2.45) is 5.92 Å². The molecule has 2 aliphatic heterocycles. The summed E-state index contributed by atoms with van der Waals surface area (Å²) in [6.45, 7) is 1.28. The Kier molecular flexibility index (Phi) is 6.11. The maximum Gasteiger partial charge on any atom is 0.326 e. The van der Waals surface area contributed by atoms with Gasteiger partial charge in [0.15, 0.2) is 0 Å². The number of nitrogens with zero attached hydrogens (tertiary/aromatic N) is 2. The summed E-state index contributed by atoms with van der Waals surface area (Å²) in [5.74, 6) is -1.53. The van der Waals surface area contributed by atoms with Crippen molar-refractivity contribution in [1.29, 1.82) is 0 Å². The number of carbonyl (C=O) groups excluding carboxylic acids is 2. The molecule has 0 bridgehead atoms. The fourth-order valence-electron chi connectivity index (χ4n) is 3.97. The van der Waals surface area contributed by atoms with Gasteiger partial charge in [-0.1, -0.05) is 30.3 Å². The number of piperidine rings is 1. The number of hydrogen-bond acceptors (Lipinski definition) is 4. The molecular weight excluding hydrogens is 348 g/mol. The molecule has 7 nitrogen and oxygen atoms in total. The van der Waals surface area contributed by atoms with Gasteiger partial charge in [0.2, 0.25) is 11.8 Å². The fraction of sp³-hybridized carbons (Fsp3) is 0.550. The van der Waals surface area contributed by atoms with Gasteiger partial charge in [0, 0.05) is 33.2 Å². The van der Waals surface area contributed by atoms with Crippen LogP contribution in [0.4, 0.5) is 0 Å². The number of carbonyl (C=O) groups is 3. The van der Waals surface area contributed by atoms with Crippen LogP contribution in [-0.2, 0) is 25.5 Å². The van der Waals surface area contributed by atoms with Crippen molar-refractivity contribution in [1.82, 2.24) is 9.80 Å². The number of amides is 2. The minimum Gasteiger partial charge on any atom is -0.480 e. The third-order valence-electron chi connectivity index (χ3n) is 5.49. The maximum atomic E-state index is 13.0. The zero-order valence-corrected chi connectivity index (χ0v) is 15.5. The van der Waals surface area contributed by atoms with Crippen LogP contribution < -0.4 is 0 Å². The van der Waals surface area contributed by atoms with Crippen molar-refractivity contribution in [2.75, 3.05) is 26.7 Å². The standard InChI is InChI=1S/C20H26N2O5/c1-27-16-11-17(20(25)26)22(13-16)19(24)15-8-5-9-21(12-15)18(23)10-14-6-3-2-4-7-14/h2-4,6-7,15-17H,5,8-13H2,1H3,(H,25,26). The predicted molar refractivity (Wildman–Crippen MR) is 98.0 cm³/mol. The van der Waals surface area contributed by atoms with Crippen molar-refractivity contribution in [3.05, 3.63) is 35.9 Å². The molecule has 0 aliphatic carbocycles. The van der Waals surface area contributed by atoms with Gasteiger partial charge < -0.3 is 19.6 Å². The van der Waals surface area contributed by atoms with Crippen LogP contribution in [0, 0.1) is 5.92 Å². The lowest BCUT2D eigenvalue weighted by atomic mass is 9.95. The molecule has 0 saturated carbocycles. The van der Waals surface area contributed by atoms with E-state index in [1.807, 2.05) is 30.3 Å². The Morgan fingerprint density at radius 1 is 1.19 bits per heavy atom. The summed E-state index contributed by atoms with van der Waals surface area (Å²) in [5, 5.41) is 9.43. The Bertz CT molecular complexity index is 693. The first-order valence-electron chi connectivity index (χ1n) is 9.37. The number of carboxylic acids is 1. The topological polar surface area (TPSA) is 87.2 Å². The first kappa shape index (κ1) is 19.4. The second-order valence-corrected chi connectivity index (χ2v) is 7.28. The molecule has 2 heterocycles. The third kappa shape index (κ3) is 4.47. The fourth-order valence-corrected chi connectivity index (χ4v) is 3.97. The van der Waals surface area contributed by atoms with Crippen LogP contribution in [0.1, 0.15) is 24.8 Å². The van der Waals surface area contributed by atoms with Gasteiger partial charge in [-0.15, -0.1) is 0 Å². The van der Waals surface area contributed by atoms with E-state index in [4.69, 9.17) is 4.74 Å². The molecule has 3 unspecified atom stereocenters. The van der Waals surface area contributed by atoms with E-state index in [9.17, 15) is 19.5 Å². The lowest BCUT2D eigenvalue weighted by Gasteiger charge is -2.35. The number of benzene rings is 1. The first-order chi connectivity index (χ1) is 13.0. The average molecular weight is 374 g/mol. The molecule has 0 aromatic heterocycles. The van der Waals surface area contributed by atoms with Gasteiger partial charge in [-0.3, -0.25) is 9.59 Å². The molecule has 2 amide bonds. The first-order valence-corrected chi connectivity index (χ1v) is 9.37. The Labute approximate surface area is 158 Å². The summed E-state index contributed by atoms with van der Waals surface area (Å²) >= 11 is 0. The van der Waals surface area contributed by atoms with Crippen molar-refractivity contribution in [3.8, 4) is 0 Å². The van der Waals surface area contributed by atoms with Crippen molar-refractivity contribution < 1.29 is 24.2 Å². The number of methoxy groups -OCH3 is 1. The summed E-state index contributed by atoms with van der Waals surface area (Å²) < 4.78 is 5.26. The van der Waals surface area contributed by atoms with Crippen LogP contribution >= 0.6 is 0 Å². The second kappa shape index (κ2) is 8.52. The number of rotatable bonds is 5.